The van der Waals surface area contributed by atoms with Crippen LogP contribution in [0.2, 0.25) is 0 Å². The van der Waals surface area contributed by atoms with Crippen LogP contribution in [0.15, 0.2) is 30.3 Å². The van der Waals surface area contributed by atoms with Gasteiger partial charge in [-0.2, -0.15) is 0 Å². The molecule has 1 aliphatic carbocycles. The van der Waals surface area contributed by atoms with Crippen LogP contribution in [0.25, 0.3) is 5.57 Å². The fourth-order valence-corrected chi connectivity index (χ4v) is 1.85. The molecular weight excluding hydrogens is 179 g/mol. The zero-order valence-electron chi connectivity index (χ0n) is 7.91. The average molecular weight is 192 g/mol. The van der Waals surface area contributed by atoms with Gasteiger partial charge in [0.05, 0.1) is 6.10 Å². The van der Waals surface area contributed by atoms with Gasteiger partial charge >= 0.3 is 0 Å². The van der Waals surface area contributed by atoms with Gasteiger partial charge < -0.3 is 5.11 Å². The van der Waals surface area contributed by atoms with Crippen molar-refractivity contribution in [3.05, 3.63) is 41.7 Å². The molecule has 1 aromatic rings. The lowest BCUT2D eigenvalue weighted by molar-refractivity contribution is 0.214. The van der Waals surface area contributed by atoms with E-state index >= 15 is 0 Å². The first-order chi connectivity index (χ1) is 6.79. The Bertz CT molecular complexity index is 357. The van der Waals surface area contributed by atoms with Crippen LogP contribution in [-0.2, 0) is 0 Å². The predicted molar refractivity (Wildman–Crippen MR) is 54.2 cm³/mol. The molecule has 1 unspecified atom stereocenters. The van der Waals surface area contributed by atoms with Gasteiger partial charge in [0.1, 0.15) is 5.82 Å². The highest BCUT2D eigenvalue weighted by atomic mass is 19.1. The van der Waals surface area contributed by atoms with Crippen LogP contribution in [-0.4, -0.2) is 11.2 Å². The van der Waals surface area contributed by atoms with E-state index in [1.165, 1.54) is 6.07 Å². The molecule has 74 valence electrons. The van der Waals surface area contributed by atoms with Crippen LogP contribution >= 0.6 is 0 Å². The minimum absolute atomic E-state index is 0.250. The lowest BCUT2D eigenvalue weighted by Crippen LogP contribution is -2.13. The molecule has 1 N–H and O–H groups in total. The lowest BCUT2D eigenvalue weighted by atomic mass is 9.91. The van der Waals surface area contributed by atoms with Crippen molar-refractivity contribution in [3.63, 3.8) is 0 Å². The first kappa shape index (κ1) is 9.41. The summed E-state index contributed by atoms with van der Waals surface area (Å²) in [5.41, 5.74) is 1.29. The summed E-state index contributed by atoms with van der Waals surface area (Å²) in [4.78, 5) is 0. The highest BCUT2D eigenvalue weighted by Crippen LogP contribution is 2.28. The number of hydrogen-bond donors (Lipinski definition) is 1. The standard InChI is InChI=1S/C12H13FO/c13-11-7-3-1-5-9(11)10-6-2-4-8-12(10)14/h1,3,5-7,12,14H,2,4,8H2. The zero-order valence-corrected chi connectivity index (χ0v) is 7.91. The Hall–Kier alpha value is -1.15. The summed E-state index contributed by atoms with van der Waals surface area (Å²) in [6.07, 6.45) is 4.09. The van der Waals surface area contributed by atoms with Crippen LogP contribution in [0, 0.1) is 5.82 Å². The first-order valence-corrected chi connectivity index (χ1v) is 4.92. The van der Waals surface area contributed by atoms with E-state index in [2.05, 4.69) is 0 Å². The lowest BCUT2D eigenvalue weighted by Gasteiger charge is -2.19. The van der Waals surface area contributed by atoms with Crippen LogP contribution in [0.3, 0.4) is 0 Å². The van der Waals surface area contributed by atoms with E-state index in [1.807, 2.05) is 6.08 Å². The molecule has 0 radical (unpaired) electrons. The third-order valence-corrected chi connectivity index (χ3v) is 2.59. The maximum Gasteiger partial charge on any atom is 0.130 e. The topological polar surface area (TPSA) is 20.2 Å². The molecule has 0 spiro atoms. The molecule has 1 aliphatic rings. The number of halogens is 1. The third kappa shape index (κ3) is 1.70. The molecule has 1 nitrogen and oxygen atoms in total. The highest BCUT2D eigenvalue weighted by molar-refractivity contribution is 5.69. The molecular formula is C12H13FO. The molecule has 0 saturated heterocycles. The minimum Gasteiger partial charge on any atom is -0.388 e. The average Bonchev–Trinajstić information content (AvgIpc) is 2.20. The van der Waals surface area contributed by atoms with Crippen molar-refractivity contribution in [2.45, 2.75) is 25.4 Å². The van der Waals surface area contributed by atoms with Crippen LogP contribution in [0.1, 0.15) is 24.8 Å². The van der Waals surface area contributed by atoms with Crippen LogP contribution in [0.4, 0.5) is 4.39 Å². The van der Waals surface area contributed by atoms with E-state index in [-0.39, 0.29) is 5.82 Å². The summed E-state index contributed by atoms with van der Waals surface area (Å²) in [5.74, 6) is -0.250. The molecule has 0 aromatic heterocycles. The number of rotatable bonds is 1. The van der Waals surface area contributed by atoms with E-state index in [0.717, 1.165) is 24.8 Å². The van der Waals surface area contributed by atoms with Gasteiger partial charge in [0, 0.05) is 5.56 Å². The Morgan fingerprint density at radius 1 is 1.29 bits per heavy atom. The Labute approximate surface area is 82.9 Å². The Balaban J connectivity index is 2.39. The maximum absolute atomic E-state index is 13.4. The number of aliphatic hydroxyl groups is 1. The molecule has 2 rings (SSSR count). The van der Waals surface area contributed by atoms with Crippen molar-refractivity contribution in [3.8, 4) is 0 Å². The molecule has 0 saturated carbocycles. The van der Waals surface area contributed by atoms with E-state index in [1.54, 1.807) is 18.2 Å². The summed E-state index contributed by atoms with van der Waals surface area (Å²) in [6.45, 7) is 0. The second-order valence-corrected chi connectivity index (χ2v) is 3.59. The fourth-order valence-electron chi connectivity index (χ4n) is 1.85. The zero-order chi connectivity index (χ0) is 9.97. The van der Waals surface area contributed by atoms with E-state index < -0.39 is 6.10 Å². The second kappa shape index (κ2) is 3.93. The van der Waals surface area contributed by atoms with Crippen LogP contribution < -0.4 is 0 Å². The Morgan fingerprint density at radius 2 is 2.07 bits per heavy atom. The normalized spacial score (nSPS) is 21.9. The number of allylic oxidation sites excluding steroid dienone is 1. The molecule has 0 heterocycles. The van der Waals surface area contributed by atoms with Crippen molar-refractivity contribution in [2.75, 3.05) is 0 Å². The predicted octanol–water partition coefficient (Wildman–Crippen LogP) is 2.75. The van der Waals surface area contributed by atoms with Gasteiger partial charge in [-0.25, -0.2) is 4.39 Å². The summed E-state index contributed by atoms with van der Waals surface area (Å²) in [5, 5.41) is 9.71. The van der Waals surface area contributed by atoms with Gasteiger partial charge in [0.25, 0.3) is 0 Å². The molecule has 14 heavy (non-hydrogen) atoms. The molecule has 0 amide bonds. The smallest absolute Gasteiger partial charge is 0.130 e. The second-order valence-electron chi connectivity index (χ2n) is 3.59. The Morgan fingerprint density at radius 3 is 2.79 bits per heavy atom. The van der Waals surface area contributed by atoms with Crippen LogP contribution in [0.5, 0.6) is 0 Å². The van der Waals surface area contributed by atoms with Gasteiger partial charge in [0.15, 0.2) is 0 Å². The molecule has 0 aliphatic heterocycles. The van der Waals surface area contributed by atoms with Gasteiger partial charge in [-0.3, -0.25) is 0 Å². The van der Waals surface area contributed by atoms with Gasteiger partial charge in [-0.15, -0.1) is 0 Å². The third-order valence-electron chi connectivity index (χ3n) is 2.59. The largest absolute Gasteiger partial charge is 0.388 e. The molecule has 1 aromatic carbocycles. The number of benzene rings is 1. The van der Waals surface area contributed by atoms with Crippen molar-refractivity contribution in [1.29, 1.82) is 0 Å². The summed E-state index contributed by atoms with van der Waals surface area (Å²) < 4.78 is 13.4. The monoisotopic (exact) mass is 192 g/mol. The minimum atomic E-state index is -0.499. The van der Waals surface area contributed by atoms with Crippen molar-refractivity contribution < 1.29 is 9.50 Å². The SMILES string of the molecule is OC1CCCC=C1c1ccccc1F. The summed E-state index contributed by atoms with van der Waals surface area (Å²) in [6, 6.07) is 6.60. The number of aliphatic hydroxyl groups excluding tert-OH is 1. The van der Waals surface area contributed by atoms with E-state index in [0.29, 0.717) is 5.56 Å². The first-order valence-electron chi connectivity index (χ1n) is 4.92. The van der Waals surface area contributed by atoms with Crippen molar-refractivity contribution >= 4 is 5.57 Å². The quantitative estimate of drug-likeness (QED) is 0.725. The number of hydrogen-bond acceptors (Lipinski definition) is 1. The van der Waals surface area contributed by atoms with Gasteiger partial charge in [0.2, 0.25) is 0 Å². The fraction of sp³-hybridized carbons (Fsp3) is 0.333. The van der Waals surface area contributed by atoms with E-state index in [4.69, 9.17) is 0 Å². The van der Waals surface area contributed by atoms with E-state index in [9.17, 15) is 9.50 Å². The molecule has 0 fully saturated rings. The van der Waals surface area contributed by atoms with Gasteiger partial charge in [-0.05, 0) is 30.9 Å². The van der Waals surface area contributed by atoms with Gasteiger partial charge in [-0.1, -0.05) is 24.3 Å². The maximum atomic E-state index is 13.4. The Kier molecular flexibility index (Phi) is 2.64. The van der Waals surface area contributed by atoms with Crippen molar-refractivity contribution in [2.24, 2.45) is 0 Å². The van der Waals surface area contributed by atoms with Crippen molar-refractivity contribution in [1.82, 2.24) is 0 Å². The summed E-state index contributed by atoms with van der Waals surface area (Å²) in [7, 11) is 0. The highest BCUT2D eigenvalue weighted by Gasteiger charge is 2.18. The molecule has 0 bridgehead atoms. The summed E-state index contributed by atoms with van der Waals surface area (Å²) >= 11 is 0. The molecule has 1 atom stereocenters. The molecule has 2 heteroatoms.